The smallest absolute Gasteiger partial charge is 0.326 e. The Hall–Kier alpha value is -2.56. The number of methoxy groups -OCH3 is 1. The van der Waals surface area contributed by atoms with Crippen molar-refractivity contribution in [3.63, 3.8) is 0 Å². The number of nitrogens with zero attached hydrogens (tertiary/aromatic N) is 2. The van der Waals surface area contributed by atoms with E-state index in [1.807, 2.05) is 35.2 Å². The highest BCUT2D eigenvalue weighted by Crippen LogP contribution is 2.29. The summed E-state index contributed by atoms with van der Waals surface area (Å²) in [5.74, 6) is -0.337. The van der Waals surface area contributed by atoms with E-state index in [0.29, 0.717) is 18.8 Å². The molecule has 0 amide bonds. The monoisotopic (exact) mass is 284 g/mol. The Morgan fingerprint density at radius 1 is 1.33 bits per heavy atom. The van der Waals surface area contributed by atoms with Crippen LogP contribution in [0.3, 0.4) is 0 Å². The fourth-order valence-electron chi connectivity index (χ4n) is 2.70. The molecule has 1 atom stereocenters. The van der Waals surface area contributed by atoms with Gasteiger partial charge in [0.2, 0.25) is 5.88 Å². The van der Waals surface area contributed by atoms with Crippen molar-refractivity contribution in [3.05, 3.63) is 53.7 Å². The van der Waals surface area contributed by atoms with Crippen molar-refractivity contribution in [2.75, 3.05) is 12.0 Å². The predicted octanol–water partition coefficient (Wildman–Crippen LogP) is 2.11. The van der Waals surface area contributed by atoms with Gasteiger partial charge in [0.25, 0.3) is 0 Å². The van der Waals surface area contributed by atoms with Crippen molar-refractivity contribution in [1.82, 2.24) is 4.98 Å². The Kier molecular flexibility index (Phi) is 3.48. The second-order valence-electron chi connectivity index (χ2n) is 5.01. The van der Waals surface area contributed by atoms with Gasteiger partial charge in [-0.3, -0.25) is 0 Å². The third kappa shape index (κ3) is 2.54. The number of benzene rings is 1. The van der Waals surface area contributed by atoms with Crippen LogP contribution in [0.25, 0.3) is 0 Å². The molecular formula is C16H16N2O3. The van der Waals surface area contributed by atoms with Crippen molar-refractivity contribution in [2.24, 2.45) is 0 Å². The number of ether oxygens (including phenoxy) is 1. The number of hydrogen-bond donors (Lipinski definition) is 1. The molecule has 1 aromatic heterocycles. The number of hydrogen-bond acceptors (Lipinski definition) is 4. The average molecular weight is 284 g/mol. The minimum atomic E-state index is -0.819. The first-order valence-corrected chi connectivity index (χ1v) is 6.75. The highest BCUT2D eigenvalue weighted by molar-refractivity contribution is 5.79. The molecule has 108 valence electrons. The lowest BCUT2D eigenvalue weighted by Gasteiger charge is -2.36. The molecule has 0 saturated heterocycles. The van der Waals surface area contributed by atoms with Gasteiger partial charge < -0.3 is 14.7 Å². The first-order chi connectivity index (χ1) is 10.2. The number of carboxylic acid groups (broad SMARTS) is 1. The van der Waals surface area contributed by atoms with Gasteiger partial charge in [0.15, 0.2) is 0 Å². The molecule has 1 aliphatic rings. The number of carbonyl (C=O) groups is 1. The summed E-state index contributed by atoms with van der Waals surface area (Å²) in [7, 11) is 1.55. The average Bonchev–Trinajstić information content (AvgIpc) is 2.53. The van der Waals surface area contributed by atoms with E-state index >= 15 is 0 Å². The molecule has 0 aliphatic carbocycles. The molecule has 1 N–H and O–H groups in total. The van der Waals surface area contributed by atoms with Gasteiger partial charge in [-0.25, -0.2) is 9.78 Å². The zero-order valence-electron chi connectivity index (χ0n) is 11.7. The molecular weight excluding hydrogens is 268 g/mol. The maximum atomic E-state index is 11.6. The molecule has 0 bridgehead atoms. The predicted molar refractivity (Wildman–Crippen MR) is 78.5 cm³/mol. The molecule has 2 heterocycles. The minimum Gasteiger partial charge on any atom is -0.481 e. The number of fused-ring (bicyclic) bond motifs is 1. The SMILES string of the molecule is COc1cc(N2Cc3ccccc3CC2C(=O)O)ccn1. The molecule has 5 nitrogen and oxygen atoms in total. The van der Waals surface area contributed by atoms with Gasteiger partial charge in [0.05, 0.1) is 7.11 Å². The molecule has 21 heavy (non-hydrogen) atoms. The van der Waals surface area contributed by atoms with E-state index in [2.05, 4.69) is 4.98 Å². The van der Waals surface area contributed by atoms with E-state index in [9.17, 15) is 9.90 Å². The second kappa shape index (κ2) is 5.44. The van der Waals surface area contributed by atoms with Gasteiger partial charge in [-0.15, -0.1) is 0 Å². The fourth-order valence-corrected chi connectivity index (χ4v) is 2.70. The molecule has 0 spiro atoms. The zero-order valence-corrected chi connectivity index (χ0v) is 11.7. The van der Waals surface area contributed by atoms with Crippen molar-refractivity contribution in [3.8, 4) is 5.88 Å². The maximum absolute atomic E-state index is 11.6. The molecule has 0 radical (unpaired) electrons. The topological polar surface area (TPSA) is 62.7 Å². The van der Waals surface area contributed by atoms with E-state index in [1.54, 1.807) is 19.4 Å². The Morgan fingerprint density at radius 3 is 2.81 bits per heavy atom. The molecule has 3 rings (SSSR count). The van der Waals surface area contributed by atoms with Crippen LogP contribution in [0.5, 0.6) is 5.88 Å². The van der Waals surface area contributed by atoms with Crippen molar-refractivity contribution < 1.29 is 14.6 Å². The van der Waals surface area contributed by atoms with Crippen LogP contribution >= 0.6 is 0 Å². The number of aliphatic carboxylic acids is 1. The van der Waals surface area contributed by atoms with Crippen LogP contribution in [0.1, 0.15) is 11.1 Å². The van der Waals surface area contributed by atoms with Crippen molar-refractivity contribution in [2.45, 2.75) is 19.0 Å². The van der Waals surface area contributed by atoms with Gasteiger partial charge in [0.1, 0.15) is 6.04 Å². The Bertz CT molecular complexity index is 672. The van der Waals surface area contributed by atoms with E-state index in [-0.39, 0.29) is 0 Å². The van der Waals surface area contributed by atoms with Crippen LogP contribution < -0.4 is 9.64 Å². The number of carboxylic acids is 1. The third-order valence-electron chi connectivity index (χ3n) is 3.79. The molecule has 1 aliphatic heterocycles. The lowest BCUT2D eigenvalue weighted by atomic mass is 9.93. The van der Waals surface area contributed by atoms with Crippen LogP contribution in [0.4, 0.5) is 5.69 Å². The summed E-state index contributed by atoms with van der Waals surface area (Å²) in [5, 5.41) is 9.53. The van der Waals surface area contributed by atoms with E-state index in [4.69, 9.17) is 4.74 Å². The lowest BCUT2D eigenvalue weighted by Crippen LogP contribution is -2.45. The van der Waals surface area contributed by atoms with Gasteiger partial charge in [-0.2, -0.15) is 0 Å². The summed E-state index contributed by atoms with van der Waals surface area (Å²) in [4.78, 5) is 17.6. The zero-order chi connectivity index (χ0) is 14.8. The van der Waals surface area contributed by atoms with Gasteiger partial charge in [-0.1, -0.05) is 24.3 Å². The Morgan fingerprint density at radius 2 is 2.10 bits per heavy atom. The van der Waals surface area contributed by atoms with Crippen LogP contribution in [0, 0.1) is 0 Å². The fraction of sp³-hybridized carbons (Fsp3) is 0.250. The van der Waals surface area contributed by atoms with Gasteiger partial charge in [-0.05, 0) is 17.2 Å². The summed E-state index contributed by atoms with van der Waals surface area (Å²) in [6, 6.07) is 11.0. The standard InChI is InChI=1S/C16H16N2O3/c1-21-15-9-13(6-7-17-15)18-10-12-5-3-2-4-11(12)8-14(18)16(19)20/h2-7,9,14H,8,10H2,1H3,(H,19,20). The van der Waals surface area contributed by atoms with Crippen LogP contribution in [0.2, 0.25) is 0 Å². The summed E-state index contributed by atoms with van der Waals surface area (Å²) in [6.07, 6.45) is 2.13. The summed E-state index contributed by atoms with van der Waals surface area (Å²) in [5.41, 5.74) is 3.07. The van der Waals surface area contributed by atoms with Crippen LogP contribution in [-0.2, 0) is 17.8 Å². The lowest BCUT2D eigenvalue weighted by molar-refractivity contribution is -0.138. The van der Waals surface area contributed by atoms with E-state index < -0.39 is 12.0 Å². The first-order valence-electron chi connectivity index (χ1n) is 6.75. The van der Waals surface area contributed by atoms with E-state index in [1.165, 1.54) is 0 Å². The largest absolute Gasteiger partial charge is 0.481 e. The first kappa shape index (κ1) is 13.4. The van der Waals surface area contributed by atoms with Crippen LogP contribution in [-0.4, -0.2) is 29.2 Å². The minimum absolute atomic E-state index is 0.482. The van der Waals surface area contributed by atoms with Crippen molar-refractivity contribution >= 4 is 11.7 Å². The normalized spacial score (nSPS) is 17.2. The Labute approximate surface area is 122 Å². The quantitative estimate of drug-likeness (QED) is 0.935. The van der Waals surface area contributed by atoms with Gasteiger partial charge in [0, 0.05) is 30.9 Å². The third-order valence-corrected chi connectivity index (χ3v) is 3.79. The van der Waals surface area contributed by atoms with E-state index in [0.717, 1.165) is 16.8 Å². The molecule has 5 heteroatoms. The number of anilines is 1. The second-order valence-corrected chi connectivity index (χ2v) is 5.01. The molecule has 1 aromatic carbocycles. The number of rotatable bonds is 3. The molecule has 2 aromatic rings. The maximum Gasteiger partial charge on any atom is 0.326 e. The number of aromatic nitrogens is 1. The highest BCUT2D eigenvalue weighted by Gasteiger charge is 2.31. The van der Waals surface area contributed by atoms with Gasteiger partial charge >= 0.3 is 5.97 Å². The van der Waals surface area contributed by atoms with Crippen LogP contribution in [0.15, 0.2) is 42.6 Å². The summed E-state index contributed by atoms with van der Waals surface area (Å²) >= 11 is 0. The number of pyridine rings is 1. The van der Waals surface area contributed by atoms with Crippen molar-refractivity contribution in [1.29, 1.82) is 0 Å². The molecule has 0 saturated carbocycles. The summed E-state index contributed by atoms with van der Waals surface area (Å²) < 4.78 is 5.13. The Balaban J connectivity index is 2.01. The summed E-state index contributed by atoms with van der Waals surface area (Å²) in [6.45, 7) is 0.570. The molecule has 0 fully saturated rings. The highest BCUT2D eigenvalue weighted by atomic mass is 16.5. The molecule has 1 unspecified atom stereocenters.